The molecule has 0 atom stereocenters. The summed E-state index contributed by atoms with van der Waals surface area (Å²) in [5.74, 6) is 0.922. The normalized spacial score (nSPS) is 11.6. The number of nitrogens with zero attached hydrogens (tertiary/aromatic N) is 4. The largest absolute Gasteiger partial charge is 0.443 e. The van der Waals surface area contributed by atoms with Gasteiger partial charge in [0.25, 0.3) is 0 Å². The first-order valence-corrected chi connectivity index (χ1v) is 16.9. The SMILES string of the molecule is CN(C)c1ccc(-c2ccc(-c3nc4ccc(N(CCOCCOCCOCCI)C(=O)OC(C)(C)C)cc4s3)cc2)cn1. The van der Waals surface area contributed by atoms with E-state index in [9.17, 15) is 4.79 Å². The smallest absolute Gasteiger partial charge is 0.414 e. The number of halogens is 1. The van der Waals surface area contributed by atoms with Crippen molar-refractivity contribution in [2.75, 3.05) is 74.5 Å². The summed E-state index contributed by atoms with van der Waals surface area (Å²) in [4.78, 5) is 26.2. The van der Waals surface area contributed by atoms with Crippen LogP contribution in [-0.2, 0) is 18.9 Å². The number of fused-ring (bicyclic) bond motifs is 1. The molecule has 0 saturated carbocycles. The van der Waals surface area contributed by atoms with Gasteiger partial charge in [0.1, 0.15) is 16.4 Å². The molecule has 9 nitrogen and oxygen atoms in total. The number of pyridine rings is 1. The van der Waals surface area contributed by atoms with Gasteiger partial charge < -0.3 is 23.8 Å². The molecule has 4 rings (SSSR count). The van der Waals surface area contributed by atoms with Gasteiger partial charge in [-0.2, -0.15) is 0 Å². The number of ether oxygens (including phenoxy) is 4. The molecule has 0 spiro atoms. The van der Waals surface area contributed by atoms with Crippen LogP contribution < -0.4 is 9.80 Å². The molecule has 0 N–H and O–H groups in total. The molecule has 0 unspecified atom stereocenters. The summed E-state index contributed by atoms with van der Waals surface area (Å²) in [6.45, 7) is 9.02. The van der Waals surface area contributed by atoms with E-state index in [1.54, 1.807) is 16.2 Å². The average molecular weight is 733 g/mol. The number of rotatable bonds is 15. The molecule has 4 aromatic rings. The van der Waals surface area contributed by atoms with Crippen LogP contribution >= 0.6 is 33.9 Å². The third-order valence-electron chi connectivity index (χ3n) is 6.39. The summed E-state index contributed by atoms with van der Waals surface area (Å²) in [5, 5.41) is 0.914. The number of hydrogen-bond acceptors (Lipinski definition) is 9. The zero-order chi connectivity index (χ0) is 31.5. The van der Waals surface area contributed by atoms with E-state index in [0.29, 0.717) is 39.6 Å². The predicted molar refractivity (Wildman–Crippen MR) is 188 cm³/mol. The van der Waals surface area contributed by atoms with Crippen LogP contribution in [0.1, 0.15) is 20.8 Å². The van der Waals surface area contributed by atoms with E-state index in [1.807, 2.05) is 70.2 Å². The highest BCUT2D eigenvalue weighted by molar-refractivity contribution is 14.1. The maximum atomic E-state index is 13.2. The Morgan fingerprint density at radius 2 is 1.48 bits per heavy atom. The van der Waals surface area contributed by atoms with Gasteiger partial charge in [-0.25, -0.2) is 14.8 Å². The molecule has 1 amide bonds. The van der Waals surface area contributed by atoms with Crippen LogP contribution in [0.3, 0.4) is 0 Å². The lowest BCUT2D eigenvalue weighted by Gasteiger charge is -2.27. The fourth-order valence-electron chi connectivity index (χ4n) is 4.23. The molecule has 0 radical (unpaired) electrons. The molecule has 44 heavy (non-hydrogen) atoms. The Morgan fingerprint density at radius 1 is 0.841 bits per heavy atom. The van der Waals surface area contributed by atoms with Crippen molar-refractivity contribution in [3.05, 3.63) is 60.8 Å². The highest BCUT2D eigenvalue weighted by Crippen LogP contribution is 2.34. The first-order chi connectivity index (χ1) is 21.1. The van der Waals surface area contributed by atoms with Crippen LogP contribution in [0.2, 0.25) is 0 Å². The highest BCUT2D eigenvalue weighted by atomic mass is 127. The monoisotopic (exact) mass is 732 g/mol. The van der Waals surface area contributed by atoms with Gasteiger partial charge in [-0.1, -0.05) is 46.9 Å². The second-order valence-electron chi connectivity index (χ2n) is 11.2. The topological polar surface area (TPSA) is 86.2 Å². The minimum atomic E-state index is -0.623. The van der Waals surface area contributed by atoms with Crippen molar-refractivity contribution in [3.8, 4) is 21.7 Å². The van der Waals surface area contributed by atoms with Crippen LogP contribution in [0, 0.1) is 0 Å². The summed E-state index contributed by atoms with van der Waals surface area (Å²) < 4.78 is 24.4. The van der Waals surface area contributed by atoms with E-state index in [2.05, 4.69) is 57.9 Å². The minimum Gasteiger partial charge on any atom is -0.443 e. The van der Waals surface area contributed by atoms with Crippen molar-refractivity contribution in [3.63, 3.8) is 0 Å². The van der Waals surface area contributed by atoms with Crippen LogP contribution in [-0.4, -0.2) is 86.4 Å². The zero-order valence-corrected chi connectivity index (χ0v) is 29.0. The number of carbonyl (C=O) groups excluding carboxylic acids is 1. The molecule has 0 bridgehead atoms. The van der Waals surface area contributed by atoms with E-state index in [-0.39, 0.29) is 0 Å². The molecule has 0 fully saturated rings. The first kappa shape index (κ1) is 34.0. The van der Waals surface area contributed by atoms with E-state index in [1.165, 1.54) is 0 Å². The van der Waals surface area contributed by atoms with Gasteiger partial charge in [-0.3, -0.25) is 4.90 Å². The van der Waals surface area contributed by atoms with Crippen LogP contribution in [0.15, 0.2) is 60.8 Å². The fraction of sp³-hybridized carbons (Fsp3) is 0.424. The summed E-state index contributed by atoms with van der Waals surface area (Å²) >= 11 is 3.87. The number of benzene rings is 2. The van der Waals surface area contributed by atoms with Crippen molar-refractivity contribution < 1.29 is 23.7 Å². The Hall–Kier alpha value is -2.84. The number of aromatic nitrogens is 2. The van der Waals surface area contributed by atoms with E-state index in [4.69, 9.17) is 23.9 Å². The number of thiazole rings is 1. The Morgan fingerprint density at radius 3 is 2.09 bits per heavy atom. The molecule has 2 aromatic heterocycles. The zero-order valence-electron chi connectivity index (χ0n) is 26.0. The molecule has 0 saturated heterocycles. The van der Waals surface area contributed by atoms with Crippen molar-refractivity contribution in [1.82, 2.24) is 9.97 Å². The van der Waals surface area contributed by atoms with Crippen molar-refractivity contribution in [2.24, 2.45) is 0 Å². The lowest BCUT2D eigenvalue weighted by atomic mass is 10.1. The molecule has 0 aliphatic rings. The maximum Gasteiger partial charge on any atom is 0.414 e. The lowest BCUT2D eigenvalue weighted by molar-refractivity contribution is 0.0182. The van der Waals surface area contributed by atoms with Gasteiger partial charge in [-0.05, 0) is 56.7 Å². The Balaban J connectivity index is 1.42. The fourth-order valence-corrected chi connectivity index (χ4v) is 5.54. The second-order valence-corrected chi connectivity index (χ2v) is 13.3. The second kappa shape index (κ2) is 16.5. The van der Waals surface area contributed by atoms with Crippen LogP contribution in [0.25, 0.3) is 31.9 Å². The predicted octanol–water partition coefficient (Wildman–Crippen LogP) is 7.32. The van der Waals surface area contributed by atoms with Crippen molar-refractivity contribution in [1.29, 1.82) is 0 Å². The number of hydrogen-bond donors (Lipinski definition) is 0. The summed E-state index contributed by atoms with van der Waals surface area (Å²) in [6, 6.07) is 18.3. The average Bonchev–Trinajstić information content (AvgIpc) is 3.43. The molecular weight excluding hydrogens is 691 g/mol. The molecule has 0 aliphatic heterocycles. The quantitative estimate of drug-likeness (QED) is 0.0715. The molecule has 0 aliphatic carbocycles. The first-order valence-electron chi connectivity index (χ1n) is 14.6. The minimum absolute atomic E-state index is 0.344. The van der Waals surface area contributed by atoms with Gasteiger partial charge in [0.2, 0.25) is 0 Å². The van der Waals surface area contributed by atoms with Gasteiger partial charge >= 0.3 is 6.09 Å². The van der Waals surface area contributed by atoms with Crippen molar-refractivity contribution in [2.45, 2.75) is 26.4 Å². The lowest BCUT2D eigenvalue weighted by Crippen LogP contribution is -2.39. The van der Waals surface area contributed by atoms with Gasteiger partial charge in [-0.15, -0.1) is 11.3 Å². The van der Waals surface area contributed by atoms with E-state index in [0.717, 1.165) is 54.5 Å². The summed E-state index contributed by atoms with van der Waals surface area (Å²) in [7, 11) is 3.96. The Bertz CT molecular complexity index is 1470. The molecule has 2 aromatic carbocycles. The third kappa shape index (κ3) is 10.1. The standard InChI is InChI=1S/C33H41IN4O5S/c1-33(2,3)43-32(39)38(15-17-41-19-21-42-20-18-40-16-14-34)27-11-12-28-29(22-27)44-31(36-28)25-8-6-24(7-9-25)26-10-13-30(35-23-26)37(4)5/h6-13,22-23H,14-21H2,1-5H3. The number of amides is 1. The van der Waals surface area contributed by atoms with Crippen molar-refractivity contribution >= 4 is 61.7 Å². The van der Waals surface area contributed by atoms with Gasteiger partial charge in [0.15, 0.2) is 0 Å². The molecule has 2 heterocycles. The Kier molecular flexibility index (Phi) is 12.7. The van der Waals surface area contributed by atoms with E-state index < -0.39 is 11.7 Å². The van der Waals surface area contributed by atoms with Gasteiger partial charge in [0, 0.05) is 41.5 Å². The van der Waals surface area contributed by atoms with Crippen LogP contribution in [0.5, 0.6) is 0 Å². The van der Waals surface area contributed by atoms with Gasteiger partial charge in [0.05, 0.1) is 56.4 Å². The van der Waals surface area contributed by atoms with E-state index >= 15 is 0 Å². The maximum absolute atomic E-state index is 13.2. The number of anilines is 2. The number of carbonyl (C=O) groups is 1. The van der Waals surface area contributed by atoms with Crippen LogP contribution in [0.4, 0.5) is 16.3 Å². The molecule has 236 valence electrons. The number of alkyl halides is 1. The third-order valence-corrected chi connectivity index (χ3v) is 7.90. The molecule has 11 heteroatoms. The highest BCUT2D eigenvalue weighted by Gasteiger charge is 2.24. The molecular formula is C33H41IN4O5S. The Labute approximate surface area is 277 Å². The summed E-state index contributed by atoms with van der Waals surface area (Å²) in [6.07, 6.45) is 1.47. The summed E-state index contributed by atoms with van der Waals surface area (Å²) in [5.41, 5.74) is 4.18.